The van der Waals surface area contributed by atoms with Crippen LogP contribution in [0.5, 0.6) is 5.75 Å². The Balaban J connectivity index is 1.56. The van der Waals surface area contributed by atoms with Gasteiger partial charge in [0.05, 0.1) is 18.4 Å². The standard InChI is InChI=1S/C22H18ClN3O3/c1-29-17-4-2-3-14(9-17)21(28)26-22-24-12-18-19(25-22)10-15(11-20(18)27)13-5-7-16(23)8-6-13/h2-9,12,15H,10-11H2,1H3,(H,24,25,26,28)/t15-/m1/s1. The number of fused-ring (bicyclic) bond motifs is 1. The van der Waals surface area contributed by atoms with Crippen LogP contribution in [0.3, 0.4) is 0 Å². The number of ether oxygens (including phenoxy) is 1. The SMILES string of the molecule is COc1cccc(C(=O)Nc2ncc3c(n2)C[C@@H](c2ccc(Cl)cc2)CC3=O)c1. The van der Waals surface area contributed by atoms with Gasteiger partial charge in [-0.05, 0) is 48.2 Å². The molecule has 0 saturated heterocycles. The third-order valence-electron chi connectivity index (χ3n) is 4.94. The van der Waals surface area contributed by atoms with Crippen molar-refractivity contribution in [3.63, 3.8) is 0 Å². The van der Waals surface area contributed by atoms with E-state index in [0.717, 1.165) is 5.56 Å². The van der Waals surface area contributed by atoms with E-state index in [1.54, 1.807) is 24.3 Å². The number of carbonyl (C=O) groups is 2. The fourth-order valence-corrected chi connectivity index (χ4v) is 3.54. The Morgan fingerprint density at radius 1 is 1.17 bits per heavy atom. The van der Waals surface area contributed by atoms with Gasteiger partial charge in [0.2, 0.25) is 5.95 Å². The van der Waals surface area contributed by atoms with Crippen molar-refractivity contribution in [3.05, 3.63) is 82.1 Å². The first-order chi connectivity index (χ1) is 14.0. The number of benzene rings is 2. The van der Waals surface area contributed by atoms with Crippen LogP contribution in [0, 0.1) is 0 Å². The molecule has 2 aromatic carbocycles. The summed E-state index contributed by atoms with van der Waals surface area (Å²) < 4.78 is 5.15. The number of aromatic nitrogens is 2. The van der Waals surface area contributed by atoms with Gasteiger partial charge in [-0.3, -0.25) is 14.9 Å². The van der Waals surface area contributed by atoms with Crippen molar-refractivity contribution >= 4 is 29.2 Å². The fraction of sp³-hybridized carbons (Fsp3) is 0.182. The number of methoxy groups -OCH3 is 1. The van der Waals surface area contributed by atoms with Crippen molar-refractivity contribution < 1.29 is 14.3 Å². The first-order valence-corrected chi connectivity index (χ1v) is 9.51. The lowest BCUT2D eigenvalue weighted by Crippen LogP contribution is -2.22. The molecule has 1 aromatic heterocycles. The summed E-state index contributed by atoms with van der Waals surface area (Å²) in [6.07, 6.45) is 2.48. The minimum atomic E-state index is -0.347. The number of rotatable bonds is 4. The van der Waals surface area contributed by atoms with Crippen LogP contribution in [0.1, 0.15) is 44.3 Å². The highest BCUT2D eigenvalue weighted by molar-refractivity contribution is 6.30. The van der Waals surface area contributed by atoms with Crippen molar-refractivity contribution in [3.8, 4) is 5.75 Å². The molecule has 29 heavy (non-hydrogen) atoms. The average Bonchev–Trinajstić information content (AvgIpc) is 2.74. The maximum absolute atomic E-state index is 12.6. The molecule has 6 nitrogen and oxygen atoms in total. The lowest BCUT2D eigenvalue weighted by atomic mass is 9.82. The van der Waals surface area contributed by atoms with Gasteiger partial charge < -0.3 is 4.74 Å². The molecule has 0 bridgehead atoms. The fourth-order valence-electron chi connectivity index (χ4n) is 3.41. The van der Waals surface area contributed by atoms with Crippen molar-refractivity contribution in [2.24, 2.45) is 0 Å². The minimum absolute atomic E-state index is 0.00290. The molecule has 1 amide bonds. The second-order valence-electron chi connectivity index (χ2n) is 6.82. The number of amides is 1. The molecule has 7 heteroatoms. The van der Waals surface area contributed by atoms with E-state index in [2.05, 4.69) is 15.3 Å². The van der Waals surface area contributed by atoms with Crippen molar-refractivity contribution in [2.45, 2.75) is 18.8 Å². The predicted molar refractivity (Wildman–Crippen MR) is 110 cm³/mol. The quantitative estimate of drug-likeness (QED) is 0.697. The molecule has 0 aliphatic heterocycles. The number of halogens is 1. The van der Waals surface area contributed by atoms with Gasteiger partial charge in [0, 0.05) is 23.2 Å². The summed E-state index contributed by atoms with van der Waals surface area (Å²) in [4.78, 5) is 33.7. The van der Waals surface area contributed by atoms with Crippen LogP contribution < -0.4 is 10.1 Å². The summed E-state index contributed by atoms with van der Waals surface area (Å²) in [7, 11) is 1.54. The largest absolute Gasteiger partial charge is 0.497 e. The van der Waals surface area contributed by atoms with Crippen molar-refractivity contribution in [1.29, 1.82) is 0 Å². The maximum Gasteiger partial charge on any atom is 0.258 e. The molecule has 3 aromatic rings. The van der Waals surface area contributed by atoms with E-state index in [1.807, 2.05) is 24.3 Å². The molecule has 0 radical (unpaired) electrons. The van der Waals surface area contributed by atoms with Crippen LogP contribution in [0.25, 0.3) is 0 Å². The van der Waals surface area contributed by atoms with Gasteiger partial charge in [-0.1, -0.05) is 29.8 Å². The Labute approximate surface area is 172 Å². The van der Waals surface area contributed by atoms with E-state index in [1.165, 1.54) is 13.3 Å². The Morgan fingerprint density at radius 3 is 2.72 bits per heavy atom. The van der Waals surface area contributed by atoms with E-state index in [-0.39, 0.29) is 23.6 Å². The van der Waals surface area contributed by atoms with Crippen LogP contribution >= 0.6 is 11.6 Å². The normalized spacial score (nSPS) is 15.5. The first kappa shape index (κ1) is 19.1. The minimum Gasteiger partial charge on any atom is -0.497 e. The van der Waals surface area contributed by atoms with Gasteiger partial charge in [-0.15, -0.1) is 0 Å². The summed E-state index contributed by atoms with van der Waals surface area (Å²) >= 11 is 5.96. The number of hydrogen-bond acceptors (Lipinski definition) is 5. The van der Waals surface area contributed by atoms with Gasteiger partial charge in [0.1, 0.15) is 5.75 Å². The number of ketones is 1. The maximum atomic E-state index is 12.6. The lowest BCUT2D eigenvalue weighted by molar-refractivity contribution is 0.0962. The van der Waals surface area contributed by atoms with Gasteiger partial charge in [0.25, 0.3) is 5.91 Å². The summed E-state index contributed by atoms with van der Waals surface area (Å²) in [5.74, 6) is 0.419. The monoisotopic (exact) mass is 407 g/mol. The number of anilines is 1. The second-order valence-corrected chi connectivity index (χ2v) is 7.26. The Morgan fingerprint density at radius 2 is 1.97 bits per heavy atom. The third-order valence-corrected chi connectivity index (χ3v) is 5.19. The summed E-state index contributed by atoms with van der Waals surface area (Å²) in [6.45, 7) is 0. The lowest BCUT2D eigenvalue weighted by Gasteiger charge is -2.23. The molecule has 0 saturated carbocycles. The summed E-state index contributed by atoms with van der Waals surface area (Å²) in [5.41, 5.74) is 2.61. The van der Waals surface area contributed by atoms with Crippen LogP contribution in [-0.4, -0.2) is 28.8 Å². The van der Waals surface area contributed by atoms with E-state index < -0.39 is 0 Å². The molecule has 1 N–H and O–H groups in total. The van der Waals surface area contributed by atoms with Crippen LogP contribution in [0.2, 0.25) is 5.02 Å². The Bertz CT molecular complexity index is 1080. The van der Waals surface area contributed by atoms with Crippen molar-refractivity contribution in [1.82, 2.24) is 9.97 Å². The average molecular weight is 408 g/mol. The van der Waals surface area contributed by atoms with Crippen molar-refractivity contribution in [2.75, 3.05) is 12.4 Å². The van der Waals surface area contributed by atoms with Gasteiger partial charge in [0.15, 0.2) is 5.78 Å². The third kappa shape index (κ3) is 4.12. The number of hydrogen-bond donors (Lipinski definition) is 1. The van der Waals surface area contributed by atoms with Gasteiger partial charge >= 0.3 is 0 Å². The number of nitrogens with zero attached hydrogens (tertiary/aromatic N) is 2. The number of nitrogens with one attached hydrogen (secondary N) is 1. The van der Waals surface area contributed by atoms with Crippen LogP contribution in [0.15, 0.2) is 54.7 Å². The molecule has 1 aliphatic rings. The smallest absolute Gasteiger partial charge is 0.258 e. The molecular weight excluding hydrogens is 390 g/mol. The zero-order valence-corrected chi connectivity index (χ0v) is 16.4. The molecule has 4 rings (SSSR count). The molecule has 0 fully saturated rings. The molecule has 1 heterocycles. The highest BCUT2D eigenvalue weighted by Gasteiger charge is 2.28. The van der Waals surface area contributed by atoms with E-state index in [0.29, 0.717) is 40.4 Å². The molecule has 0 spiro atoms. The van der Waals surface area contributed by atoms with Gasteiger partial charge in [-0.2, -0.15) is 0 Å². The number of carbonyl (C=O) groups excluding carboxylic acids is 2. The van der Waals surface area contributed by atoms with Crippen LogP contribution in [-0.2, 0) is 6.42 Å². The molecule has 146 valence electrons. The Kier molecular flexibility index (Phi) is 5.27. The molecule has 1 atom stereocenters. The Hall–Kier alpha value is -3.25. The zero-order valence-electron chi connectivity index (χ0n) is 15.7. The highest BCUT2D eigenvalue weighted by atomic mass is 35.5. The summed E-state index contributed by atoms with van der Waals surface area (Å²) in [6, 6.07) is 14.3. The van der Waals surface area contributed by atoms with Gasteiger partial charge in [-0.25, -0.2) is 9.97 Å². The first-order valence-electron chi connectivity index (χ1n) is 9.13. The van der Waals surface area contributed by atoms with Crippen LogP contribution in [0.4, 0.5) is 5.95 Å². The molecule has 1 aliphatic carbocycles. The summed E-state index contributed by atoms with van der Waals surface area (Å²) in [5, 5.41) is 3.34. The highest BCUT2D eigenvalue weighted by Crippen LogP contribution is 2.32. The number of Topliss-reactive ketones (excluding diaryl/α,β-unsaturated/α-hetero) is 1. The topological polar surface area (TPSA) is 81.2 Å². The van der Waals surface area contributed by atoms with E-state index in [4.69, 9.17) is 16.3 Å². The zero-order chi connectivity index (χ0) is 20.4. The van der Waals surface area contributed by atoms with E-state index in [9.17, 15) is 9.59 Å². The predicted octanol–water partition coefficient (Wildman–Crippen LogP) is 4.30. The molecule has 0 unspecified atom stereocenters. The second kappa shape index (κ2) is 8.01. The molecular formula is C22H18ClN3O3. The van der Waals surface area contributed by atoms with E-state index >= 15 is 0 Å².